The maximum atomic E-state index is 12.3. The van der Waals surface area contributed by atoms with E-state index >= 15 is 0 Å². The quantitative estimate of drug-likeness (QED) is 0.820. The maximum Gasteiger partial charge on any atom is 0.164 e. The number of nitrogens with zero attached hydrogens (tertiary/aromatic N) is 1. The van der Waals surface area contributed by atoms with Gasteiger partial charge in [-0.15, -0.1) is 0 Å². The molecular formula is C18H26N2O2. The molecule has 4 heteroatoms. The SMILES string of the molecule is O=C(CCN1CCNCC1)c1ccc(OC2CCCC2)cc1. The second-order valence-electron chi connectivity index (χ2n) is 6.31. The molecule has 120 valence electrons. The highest BCUT2D eigenvalue weighted by Crippen LogP contribution is 2.24. The number of piperazine rings is 1. The number of hydrogen-bond donors (Lipinski definition) is 1. The van der Waals surface area contributed by atoms with Crippen molar-refractivity contribution >= 4 is 5.78 Å². The second-order valence-corrected chi connectivity index (χ2v) is 6.31. The number of carbonyl (C=O) groups is 1. The first-order chi connectivity index (χ1) is 10.8. The molecule has 0 bridgehead atoms. The molecule has 0 unspecified atom stereocenters. The maximum absolute atomic E-state index is 12.3. The number of ether oxygens (including phenoxy) is 1. The average molecular weight is 302 g/mol. The van der Waals surface area contributed by atoms with E-state index in [-0.39, 0.29) is 5.78 Å². The summed E-state index contributed by atoms with van der Waals surface area (Å²) in [5.41, 5.74) is 0.800. The van der Waals surface area contributed by atoms with Gasteiger partial charge in [-0.2, -0.15) is 0 Å². The molecule has 1 aliphatic heterocycles. The van der Waals surface area contributed by atoms with Crippen LogP contribution in [-0.4, -0.2) is 49.5 Å². The molecule has 1 aliphatic carbocycles. The molecule has 0 amide bonds. The van der Waals surface area contributed by atoms with Gasteiger partial charge in [0.15, 0.2) is 5.78 Å². The predicted octanol–water partition coefficient (Wildman–Crippen LogP) is 2.49. The lowest BCUT2D eigenvalue weighted by atomic mass is 10.1. The zero-order valence-corrected chi connectivity index (χ0v) is 13.2. The van der Waals surface area contributed by atoms with Crippen molar-refractivity contribution in [1.82, 2.24) is 10.2 Å². The number of nitrogens with one attached hydrogen (secondary N) is 1. The van der Waals surface area contributed by atoms with E-state index in [1.165, 1.54) is 12.8 Å². The highest BCUT2D eigenvalue weighted by molar-refractivity contribution is 5.96. The number of rotatable bonds is 6. The van der Waals surface area contributed by atoms with Crippen LogP contribution < -0.4 is 10.1 Å². The topological polar surface area (TPSA) is 41.6 Å². The van der Waals surface area contributed by atoms with E-state index in [0.717, 1.165) is 56.9 Å². The standard InChI is InChI=1S/C18H26N2O2/c21-18(9-12-20-13-10-19-11-14-20)15-5-7-17(8-6-15)22-16-3-1-2-4-16/h5-8,16,19H,1-4,9-14H2. The van der Waals surface area contributed by atoms with Crippen LogP contribution in [0.15, 0.2) is 24.3 Å². The van der Waals surface area contributed by atoms with Crippen LogP contribution in [0.25, 0.3) is 0 Å². The molecule has 1 aromatic carbocycles. The summed E-state index contributed by atoms with van der Waals surface area (Å²) in [6.07, 6.45) is 5.83. The zero-order valence-electron chi connectivity index (χ0n) is 13.2. The molecule has 0 radical (unpaired) electrons. The number of hydrogen-bond acceptors (Lipinski definition) is 4. The van der Waals surface area contributed by atoms with Gasteiger partial charge in [0.25, 0.3) is 0 Å². The third-order valence-electron chi connectivity index (χ3n) is 4.65. The van der Waals surface area contributed by atoms with Crippen molar-refractivity contribution in [1.29, 1.82) is 0 Å². The zero-order chi connectivity index (χ0) is 15.2. The minimum atomic E-state index is 0.228. The molecule has 1 N–H and O–H groups in total. The van der Waals surface area contributed by atoms with E-state index in [2.05, 4.69) is 10.2 Å². The minimum Gasteiger partial charge on any atom is -0.490 e. The third kappa shape index (κ3) is 4.31. The van der Waals surface area contributed by atoms with Crippen LogP contribution in [0.3, 0.4) is 0 Å². The molecule has 1 saturated heterocycles. The summed E-state index contributed by atoms with van der Waals surface area (Å²) in [5, 5.41) is 3.33. The van der Waals surface area contributed by atoms with Crippen molar-refractivity contribution < 1.29 is 9.53 Å². The Labute approximate surface area is 132 Å². The van der Waals surface area contributed by atoms with E-state index in [4.69, 9.17) is 4.74 Å². The molecule has 1 aromatic rings. The Balaban J connectivity index is 1.47. The van der Waals surface area contributed by atoms with Crippen molar-refractivity contribution in [2.75, 3.05) is 32.7 Å². The lowest BCUT2D eigenvalue weighted by molar-refractivity contribution is 0.0960. The Bertz CT molecular complexity index is 474. The van der Waals surface area contributed by atoms with Gasteiger partial charge >= 0.3 is 0 Å². The lowest BCUT2D eigenvalue weighted by Crippen LogP contribution is -2.44. The fourth-order valence-corrected chi connectivity index (χ4v) is 3.26. The van der Waals surface area contributed by atoms with Crippen molar-refractivity contribution in [3.63, 3.8) is 0 Å². The first-order valence-electron chi connectivity index (χ1n) is 8.54. The molecule has 1 heterocycles. The third-order valence-corrected chi connectivity index (χ3v) is 4.65. The summed E-state index contributed by atoms with van der Waals surface area (Å²) in [6, 6.07) is 7.70. The highest BCUT2D eigenvalue weighted by Gasteiger charge is 2.17. The van der Waals surface area contributed by atoms with Gasteiger partial charge < -0.3 is 15.0 Å². The fraction of sp³-hybridized carbons (Fsp3) is 0.611. The van der Waals surface area contributed by atoms with Gasteiger partial charge in [0.1, 0.15) is 5.75 Å². The van der Waals surface area contributed by atoms with Crippen LogP contribution in [0.2, 0.25) is 0 Å². The molecule has 0 aromatic heterocycles. The van der Waals surface area contributed by atoms with E-state index in [1.807, 2.05) is 24.3 Å². The molecule has 22 heavy (non-hydrogen) atoms. The predicted molar refractivity (Wildman–Crippen MR) is 87.6 cm³/mol. The van der Waals surface area contributed by atoms with Crippen molar-refractivity contribution in [3.8, 4) is 5.75 Å². The number of carbonyl (C=O) groups excluding carboxylic acids is 1. The summed E-state index contributed by atoms with van der Waals surface area (Å²) < 4.78 is 5.94. The monoisotopic (exact) mass is 302 g/mol. The van der Waals surface area contributed by atoms with Gasteiger partial charge in [-0.05, 0) is 49.9 Å². The van der Waals surface area contributed by atoms with Crippen molar-refractivity contribution in [2.24, 2.45) is 0 Å². The first-order valence-corrected chi connectivity index (χ1v) is 8.54. The number of Topliss-reactive ketones (excluding diaryl/α,β-unsaturated/α-hetero) is 1. The summed E-state index contributed by atoms with van der Waals surface area (Å²) in [7, 11) is 0. The molecule has 3 rings (SSSR count). The largest absolute Gasteiger partial charge is 0.490 e. The van der Waals surface area contributed by atoms with Gasteiger partial charge in [-0.25, -0.2) is 0 Å². The van der Waals surface area contributed by atoms with Gasteiger partial charge in [0.2, 0.25) is 0 Å². The van der Waals surface area contributed by atoms with Gasteiger partial charge in [-0.3, -0.25) is 4.79 Å². The Morgan fingerprint density at radius 3 is 2.50 bits per heavy atom. The van der Waals surface area contributed by atoms with Gasteiger partial charge in [-0.1, -0.05) is 0 Å². The van der Waals surface area contributed by atoms with Crippen LogP contribution >= 0.6 is 0 Å². The number of benzene rings is 1. The molecule has 4 nitrogen and oxygen atoms in total. The molecule has 0 atom stereocenters. The first kappa shape index (κ1) is 15.5. The van der Waals surface area contributed by atoms with Crippen LogP contribution in [0.4, 0.5) is 0 Å². The average Bonchev–Trinajstić information content (AvgIpc) is 3.07. The van der Waals surface area contributed by atoms with Crippen LogP contribution in [-0.2, 0) is 0 Å². The summed E-state index contributed by atoms with van der Waals surface area (Å²) in [5.74, 6) is 1.12. The molecule has 0 spiro atoms. The van der Waals surface area contributed by atoms with Crippen molar-refractivity contribution in [2.45, 2.75) is 38.2 Å². The van der Waals surface area contributed by atoms with E-state index in [9.17, 15) is 4.79 Å². The summed E-state index contributed by atoms with van der Waals surface area (Å²) in [6.45, 7) is 5.01. The summed E-state index contributed by atoms with van der Waals surface area (Å²) >= 11 is 0. The molecule has 2 aliphatic rings. The minimum absolute atomic E-state index is 0.228. The molecule has 1 saturated carbocycles. The molecular weight excluding hydrogens is 276 g/mol. The van der Waals surface area contributed by atoms with Crippen molar-refractivity contribution in [3.05, 3.63) is 29.8 Å². The Hall–Kier alpha value is -1.39. The Morgan fingerprint density at radius 2 is 1.82 bits per heavy atom. The van der Waals surface area contributed by atoms with E-state index in [0.29, 0.717) is 12.5 Å². The van der Waals surface area contributed by atoms with Gasteiger partial charge in [0.05, 0.1) is 6.10 Å². The summed E-state index contributed by atoms with van der Waals surface area (Å²) in [4.78, 5) is 14.6. The number of ketones is 1. The van der Waals surface area contributed by atoms with E-state index in [1.54, 1.807) is 0 Å². The van der Waals surface area contributed by atoms with Gasteiger partial charge in [0, 0.05) is 44.7 Å². The molecule has 2 fully saturated rings. The van der Waals surface area contributed by atoms with Crippen LogP contribution in [0.5, 0.6) is 5.75 Å². The van der Waals surface area contributed by atoms with E-state index < -0.39 is 0 Å². The normalized spacial score (nSPS) is 20.2. The lowest BCUT2D eigenvalue weighted by Gasteiger charge is -2.26. The Kier molecular flexibility index (Phi) is 5.46. The van der Waals surface area contributed by atoms with Crippen LogP contribution in [0, 0.1) is 0 Å². The highest BCUT2D eigenvalue weighted by atomic mass is 16.5. The smallest absolute Gasteiger partial charge is 0.164 e. The Morgan fingerprint density at radius 1 is 1.14 bits per heavy atom. The fourth-order valence-electron chi connectivity index (χ4n) is 3.26. The van der Waals surface area contributed by atoms with Crippen LogP contribution in [0.1, 0.15) is 42.5 Å². The second kappa shape index (κ2) is 7.75.